The lowest BCUT2D eigenvalue weighted by molar-refractivity contribution is -0.113. The maximum atomic E-state index is 10.7. The van der Waals surface area contributed by atoms with Crippen molar-refractivity contribution in [2.75, 3.05) is 19.4 Å². The molecule has 3 atom stereocenters. The summed E-state index contributed by atoms with van der Waals surface area (Å²) in [6.07, 6.45) is 4.41. The highest BCUT2D eigenvalue weighted by Crippen LogP contribution is 2.39. The Morgan fingerprint density at radius 3 is 2.81 bits per heavy atom. The highest BCUT2D eigenvalue weighted by molar-refractivity contribution is 5.62. The Morgan fingerprint density at radius 2 is 2.10 bits per heavy atom. The highest BCUT2D eigenvalue weighted by atomic mass is 16.5. The number of aliphatic hydroxyl groups excluding tert-OH is 1. The second-order valence-corrected chi connectivity index (χ2v) is 6.10. The third-order valence-corrected chi connectivity index (χ3v) is 4.88. The van der Waals surface area contributed by atoms with Gasteiger partial charge in [-0.1, -0.05) is 6.07 Å². The number of aromatic hydroxyl groups is 1. The average molecular weight is 292 g/mol. The lowest BCUT2D eigenvalue weighted by Crippen LogP contribution is -2.47. The molecule has 0 aromatic heterocycles. The molecular formula is C16H24N2O3. The van der Waals surface area contributed by atoms with Crippen molar-refractivity contribution in [3.63, 3.8) is 0 Å². The van der Waals surface area contributed by atoms with Crippen LogP contribution in [0.5, 0.6) is 5.75 Å². The van der Waals surface area contributed by atoms with E-state index in [9.17, 15) is 10.2 Å². The third-order valence-electron chi connectivity index (χ3n) is 4.88. The molecule has 21 heavy (non-hydrogen) atoms. The van der Waals surface area contributed by atoms with Crippen LogP contribution in [0.25, 0.3) is 0 Å². The fraction of sp³-hybridized carbons (Fsp3) is 0.625. The molecule has 1 heterocycles. The van der Waals surface area contributed by atoms with Gasteiger partial charge in [-0.25, -0.2) is 0 Å². The lowest BCUT2D eigenvalue weighted by atomic mass is 9.84. The van der Waals surface area contributed by atoms with Crippen molar-refractivity contribution in [3.8, 4) is 5.75 Å². The van der Waals surface area contributed by atoms with Crippen LogP contribution in [-0.2, 0) is 11.2 Å². The molecule has 0 bridgehead atoms. The molecule has 3 rings (SSSR count). The van der Waals surface area contributed by atoms with Gasteiger partial charge in [-0.15, -0.1) is 0 Å². The summed E-state index contributed by atoms with van der Waals surface area (Å²) < 4.78 is 5.82. The quantitative estimate of drug-likeness (QED) is 0.572. The summed E-state index contributed by atoms with van der Waals surface area (Å²) in [4.78, 5) is 2.16. The van der Waals surface area contributed by atoms with Crippen LogP contribution in [0.15, 0.2) is 12.1 Å². The van der Waals surface area contributed by atoms with Crippen molar-refractivity contribution in [1.82, 2.24) is 4.90 Å². The van der Waals surface area contributed by atoms with E-state index in [2.05, 4.69) is 4.90 Å². The van der Waals surface area contributed by atoms with Gasteiger partial charge in [0.2, 0.25) is 0 Å². The van der Waals surface area contributed by atoms with Crippen LogP contribution in [0.1, 0.15) is 42.9 Å². The molecule has 1 aliphatic carbocycles. The first-order valence-electron chi connectivity index (χ1n) is 7.71. The second kappa shape index (κ2) is 5.83. The lowest BCUT2D eigenvalue weighted by Gasteiger charge is -2.41. The van der Waals surface area contributed by atoms with Gasteiger partial charge in [-0.05, 0) is 56.3 Å². The predicted octanol–water partition coefficient (Wildman–Crippen LogP) is 1.78. The van der Waals surface area contributed by atoms with Gasteiger partial charge in [0.05, 0.1) is 11.8 Å². The van der Waals surface area contributed by atoms with E-state index in [0.29, 0.717) is 5.69 Å². The molecule has 1 saturated heterocycles. The first kappa shape index (κ1) is 14.6. The number of rotatable bonds is 2. The van der Waals surface area contributed by atoms with Gasteiger partial charge in [0, 0.05) is 12.6 Å². The standard InChI is InChI=1S/C16H24N2O3/c1-18(14-4-2-3-9-21-14)12-7-5-10-11(16(12)20)6-8-13(19)15(10)17/h6,8,12,14,16,19-20H,2-5,7,9,17H2,1H3. The van der Waals surface area contributed by atoms with Crippen molar-refractivity contribution in [2.45, 2.75) is 50.5 Å². The number of phenols is 1. The average Bonchev–Trinajstić information content (AvgIpc) is 2.52. The first-order valence-corrected chi connectivity index (χ1v) is 7.71. The van der Waals surface area contributed by atoms with E-state index >= 15 is 0 Å². The van der Waals surface area contributed by atoms with Crippen LogP contribution in [0.2, 0.25) is 0 Å². The summed E-state index contributed by atoms with van der Waals surface area (Å²) in [5.41, 5.74) is 8.06. The van der Waals surface area contributed by atoms with Gasteiger partial charge in [0.25, 0.3) is 0 Å². The van der Waals surface area contributed by atoms with Crippen molar-refractivity contribution in [1.29, 1.82) is 0 Å². The Balaban J connectivity index is 1.81. The number of nitrogen functional groups attached to an aromatic ring is 1. The zero-order valence-electron chi connectivity index (χ0n) is 12.5. The van der Waals surface area contributed by atoms with E-state index in [1.54, 1.807) is 12.1 Å². The van der Waals surface area contributed by atoms with Gasteiger partial charge in [0.1, 0.15) is 12.0 Å². The van der Waals surface area contributed by atoms with Crippen LogP contribution < -0.4 is 5.73 Å². The number of nitrogens with zero attached hydrogens (tertiary/aromatic N) is 1. The Labute approximate surface area is 125 Å². The minimum absolute atomic E-state index is 0.0320. The summed E-state index contributed by atoms with van der Waals surface area (Å²) in [5.74, 6) is 0.100. The summed E-state index contributed by atoms with van der Waals surface area (Å²) in [6, 6.07) is 3.38. The van der Waals surface area contributed by atoms with Crippen LogP contribution in [-0.4, -0.2) is 41.0 Å². The Bertz CT molecular complexity index is 514. The molecule has 4 N–H and O–H groups in total. The molecule has 1 aliphatic heterocycles. The van der Waals surface area contributed by atoms with Crippen molar-refractivity contribution in [2.24, 2.45) is 0 Å². The van der Waals surface area contributed by atoms with Crippen LogP contribution in [0.4, 0.5) is 5.69 Å². The third kappa shape index (κ3) is 2.61. The maximum Gasteiger partial charge on any atom is 0.138 e. The number of likely N-dealkylation sites (N-methyl/N-ethyl adjacent to an activating group) is 1. The minimum Gasteiger partial charge on any atom is -0.506 e. The molecule has 5 heteroatoms. The number of phenolic OH excluding ortho intramolecular Hbond substituents is 1. The number of hydrogen-bond donors (Lipinski definition) is 3. The molecule has 5 nitrogen and oxygen atoms in total. The maximum absolute atomic E-state index is 10.7. The topological polar surface area (TPSA) is 79.0 Å². The van der Waals surface area contributed by atoms with E-state index in [1.807, 2.05) is 7.05 Å². The molecule has 0 spiro atoms. The van der Waals surface area contributed by atoms with Gasteiger partial charge < -0.3 is 20.7 Å². The molecule has 116 valence electrons. The van der Waals surface area contributed by atoms with Crippen molar-refractivity contribution >= 4 is 5.69 Å². The van der Waals surface area contributed by atoms with Crippen LogP contribution in [0.3, 0.4) is 0 Å². The smallest absolute Gasteiger partial charge is 0.138 e. The zero-order valence-corrected chi connectivity index (χ0v) is 12.5. The van der Waals surface area contributed by atoms with Gasteiger partial charge >= 0.3 is 0 Å². The van der Waals surface area contributed by atoms with E-state index in [1.165, 1.54) is 6.42 Å². The van der Waals surface area contributed by atoms with Crippen LogP contribution in [0, 0.1) is 0 Å². The monoisotopic (exact) mass is 292 g/mol. The largest absolute Gasteiger partial charge is 0.506 e. The summed E-state index contributed by atoms with van der Waals surface area (Å²) in [6.45, 7) is 0.801. The molecule has 1 aromatic rings. The summed E-state index contributed by atoms with van der Waals surface area (Å²) >= 11 is 0. The van der Waals surface area contributed by atoms with E-state index in [4.69, 9.17) is 10.5 Å². The van der Waals surface area contributed by atoms with E-state index < -0.39 is 6.10 Å². The Kier molecular flexibility index (Phi) is 4.06. The van der Waals surface area contributed by atoms with Crippen molar-refractivity contribution < 1.29 is 14.9 Å². The van der Waals surface area contributed by atoms with Crippen LogP contribution >= 0.6 is 0 Å². The normalized spacial score (nSPS) is 29.4. The van der Waals surface area contributed by atoms with Gasteiger partial charge in [-0.3, -0.25) is 4.90 Å². The Morgan fingerprint density at radius 1 is 1.29 bits per heavy atom. The summed E-state index contributed by atoms with van der Waals surface area (Å²) in [7, 11) is 2.03. The van der Waals surface area contributed by atoms with Crippen molar-refractivity contribution in [3.05, 3.63) is 23.3 Å². The minimum atomic E-state index is -0.591. The van der Waals surface area contributed by atoms with Gasteiger partial charge in [-0.2, -0.15) is 0 Å². The molecule has 3 unspecified atom stereocenters. The molecule has 1 fully saturated rings. The molecule has 0 radical (unpaired) electrons. The second-order valence-electron chi connectivity index (χ2n) is 6.10. The first-order chi connectivity index (χ1) is 10.1. The number of fused-ring (bicyclic) bond motifs is 1. The fourth-order valence-electron chi connectivity index (χ4n) is 3.57. The summed E-state index contributed by atoms with van der Waals surface area (Å²) in [5, 5.41) is 20.4. The van der Waals surface area contributed by atoms with E-state index in [-0.39, 0.29) is 18.0 Å². The number of nitrogens with two attached hydrogens (primary N) is 1. The molecule has 0 saturated carbocycles. The predicted molar refractivity (Wildman–Crippen MR) is 80.9 cm³/mol. The number of ether oxygens (including phenoxy) is 1. The number of anilines is 1. The fourth-order valence-corrected chi connectivity index (χ4v) is 3.57. The number of hydrogen-bond acceptors (Lipinski definition) is 5. The molecule has 1 aromatic carbocycles. The number of aliphatic hydroxyl groups is 1. The highest BCUT2D eigenvalue weighted by Gasteiger charge is 2.35. The molecule has 0 amide bonds. The number of benzene rings is 1. The molecular weight excluding hydrogens is 268 g/mol. The molecule has 2 aliphatic rings. The Hall–Kier alpha value is -1.30. The van der Waals surface area contributed by atoms with Gasteiger partial charge in [0.15, 0.2) is 0 Å². The SMILES string of the molecule is CN(C1CCCCO1)C1CCc2c(ccc(O)c2N)C1O. The zero-order chi connectivity index (χ0) is 15.0. The van der Waals surface area contributed by atoms with E-state index in [0.717, 1.165) is 43.4 Å².